The van der Waals surface area contributed by atoms with Gasteiger partial charge in [0.2, 0.25) is 0 Å². The highest BCUT2D eigenvalue weighted by Gasteiger charge is 2.22. The minimum absolute atomic E-state index is 0.251. The van der Waals surface area contributed by atoms with Crippen LogP contribution in [-0.4, -0.2) is 0 Å². The molecule has 0 bridgehead atoms. The Morgan fingerprint density at radius 1 is 0.917 bits per heavy atom. The smallest absolute Gasteiger partial charge is 0.127 e. The molecule has 0 N–H and O–H groups in total. The summed E-state index contributed by atoms with van der Waals surface area (Å²) in [7, 11) is 0. The predicted molar refractivity (Wildman–Crippen MR) is 92.1 cm³/mol. The molecule has 1 aliphatic rings. The monoisotopic (exact) mass is 330 g/mol. The van der Waals surface area contributed by atoms with E-state index in [-0.39, 0.29) is 11.6 Å². The fraction of sp³-hybridized carbons (Fsp3) is 0.429. The highest BCUT2D eigenvalue weighted by Crippen LogP contribution is 2.38. The minimum atomic E-state index is -0.269. The number of hydrogen-bond donors (Lipinski definition) is 0. The highest BCUT2D eigenvalue weighted by molar-refractivity contribution is 5.32. The third-order valence-corrected chi connectivity index (χ3v) is 5.11. The zero-order chi connectivity index (χ0) is 16.9. The molecule has 0 radical (unpaired) electrons. The molecule has 1 saturated carbocycles. The van der Waals surface area contributed by atoms with E-state index in [1.807, 2.05) is 6.07 Å². The van der Waals surface area contributed by atoms with Crippen LogP contribution in [0.15, 0.2) is 42.5 Å². The standard InChI is InChI=1S/C21H24F2O/c1-2-15-3-7-17(8-4-15)18-11-20(23)13-21(12-18)24-14-16-5-9-19(22)10-6-16/h5-6,9-13,15,17H,2-4,7-8,14H2,1H3. The molecule has 0 aromatic heterocycles. The molecule has 1 aliphatic carbocycles. The maximum absolute atomic E-state index is 14.0. The van der Waals surface area contributed by atoms with Gasteiger partial charge >= 0.3 is 0 Å². The lowest BCUT2D eigenvalue weighted by atomic mass is 9.78. The van der Waals surface area contributed by atoms with Crippen molar-refractivity contribution < 1.29 is 13.5 Å². The topological polar surface area (TPSA) is 9.23 Å². The summed E-state index contributed by atoms with van der Waals surface area (Å²) < 4.78 is 32.6. The first-order valence-corrected chi connectivity index (χ1v) is 8.81. The lowest BCUT2D eigenvalue weighted by molar-refractivity contribution is 0.300. The van der Waals surface area contributed by atoms with Crippen LogP contribution in [0.3, 0.4) is 0 Å². The Bertz CT molecular complexity index is 658. The maximum Gasteiger partial charge on any atom is 0.127 e. The van der Waals surface area contributed by atoms with Crippen LogP contribution in [0.25, 0.3) is 0 Å². The third kappa shape index (κ3) is 4.34. The van der Waals surface area contributed by atoms with E-state index in [9.17, 15) is 8.78 Å². The van der Waals surface area contributed by atoms with Gasteiger partial charge in [0, 0.05) is 6.07 Å². The molecule has 0 heterocycles. The van der Waals surface area contributed by atoms with Crippen LogP contribution in [0.5, 0.6) is 5.75 Å². The first-order valence-electron chi connectivity index (χ1n) is 8.81. The van der Waals surface area contributed by atoms with Crippen LogP contribution in [0.4, 0.5) is 8.78 Å². The van der Waals surface area contributed by atoms with Crippen molar-refractivity contribution in [3.8, 4) is 5.75 Å². The molecule has 0 unspecified atom stereocenters. The fourth-order valence-corrected chi connectivity index (χ4v) is 3.55. The highest BCUT2D eigenvalue weighted by atomic mass is 19.1. The van der Waals surface area contributed by atoms with Gasteiger partial charge in [-0.15, -0.1) is 0 Å². The van der Waals surface area contributed by atoms with Gasteiger partial charge in [-0.2, -0.15) is 0 Å². The van der Waals surface area contributed by atoms with Crippen LogP contribution < -0.4 is 4.74 Å². The number of halogens is 2. The van der Waals surface area contributed by atoms with Gasteiger partial charge in [-0.1, -0.05) is 25.5 Å². The maximum atomic E-state index is 14.0. The van der Waals surface area contributed by atoms with E-state index < -0.39 is 0 Å². The molecule has 128 valence electrons. The van der Waals surface area contributed by atoms with Gasteiger partial charge in [0.15, 0.2) is 0 Å². The Kier molecular flexibility index (Phi) is 5.49. The van der Waals surface area contributed by atoms with E-state index >= 15 is 0 Å². The van der Waals surface area contributed by atoms with Gasteiger partial charge in [-0.05, 0) is 72.9 Å². The predicted octanol–water partition coefficient (Wildman–Crippen LogP) is 6.23. The number of hydrogen-bond acceptors (Lipinski definition) is 1. The molecule has 1 nitrogen and oxygen atoms in total. The van der Waals surface area contributed by atoms with Crippen molar-refractivity contribution in [3.05, 3.63) is 65.2 Å². The lowest BCUT2D eigenvalue weighted by Gasteiger charge is -2.28. The van der Waals surface area contributed by atoms with Crippen molar-refractivity contribution in [3.63, 3.8) is 0 Å². The SMILES string of the molecule is CCC1CCC(c2cc(F)cc(OCc3ccc(F)cc3)c2)CC1. The van der Waals surface area contributed by atoms with E-state index in [2.05, 4.69) is 6.92 Å². The Morgan fingerprint density at radius 2 is 1.62 bits per heavy atom. The first kappa shape index (κ1) is 16.9. The molecule has 1 fully saturated rings. The third-order valence-electron chi connectivity index (χ3n) is 5.11. The Hall–Kier alpha value is -1.90. The van der Waals surface area contributed by atoms with Gasteiger partial charge in [0.25, 0.3) is 0 Å². The van der Waals surface area contributed by atoms with E-state index in [0.29, 0.717) is 18.3 Å². The summed E-state index contributed by atoms with van der Waals surface area (Å²) in [4.78, 5) is 0. The van der Waals surface area contributed by atoms with Crippen LogP contribution in [0.2, 0.25) is 0 Å². The Morgan fingerprint density at radius 3 is 2.29 bits per heavy atom. The number of rotatable bonds is 5. The van der Waals surface area contributed by atoms with Crippen molar-refractivity contribution in [2.75, 3.05) is 0 Å². The first-order chi connectivity index (χ1) is 11.6. The van der Waals surface area contributed by atoms with Gasteiger partial charge in [-0.3, -0.25) is 0 Å². The molecule has 0 amide bonds. The summed E-state index contributed by atoms with van der Waals surface area (Å²) in [5.41, 5.74) is 1.91. The molecular weight excluding hydrogens is 306 g/mol. The minimum Gasteiger partial charge on any atom is -0.489 e. The van der Waals surface area contributed by atoms with E-state index in [0.717, 1.165) is 29.9 Å². The molecular formula is C21H24F2O. The Balaban J connectivity index is 1.66. The second kappa shape index (κ2) is 7.78. The molecule has 2 aromatic rings. The van der Waals surface area contributed by atoms with Crippen LogP contribution in [0.1, 0.15) is 56.1 Å². The molecule has 0 spiro atoms. The zero-order valence-corrected chi connectivity index (χ0v) is 14.1. The number of ether oxygens (including phenoxy) is 1. The quantitative estimate of drug-likeness (QED) is 0.631. The molecule has 0 aliphatic heterocycles. The van der Waals surface area contributed by atoms with Gasteiger partial charge < -0.3 is 4.74 Å². The van der Waals surface area contributed by atoms with Crippen molar-refractivity contribution in [2.45, 2.75) is 51.6 Å². The van der Waals surface area contributed by atoms with Crippen molar-refractivity contribution >= 4 is 0 Å². The zero-order valence-electron chi connectivity index (χ0n) is 14.1. The van der Waals surface area contributed by atoms with Gasteiger partial charge in [0.05, 0.1) is 0 Å². The second-order valence-electron chi connectivity index (χ2n) is 6.76. The lowest BCUT2D eigenvalue weighted by Crippen LogP contribution is -2.13. The van der Waals surface area contributed by atoms with Gasteiger partial charge in [-0.25, -0.2) is 8.78 Å². The molecule has 24 heavy (non-hydrogen) atoms. The molecule has 0 atom stereocenters. The summed E-state index contributed by atoms with van der Waals surface area (Å²) in [6.07, 6.45) is 5.94. The summed E-state index contributed by atoms with van der Waals surface area (Å²) in [6.45, 7) is 2.56. The fourth-order valence-electron chi connectivity index (χ4n) is 3.55. The summed E-state index contributed by atoms with van der Waals surface area (Å²) in [5.74, 6) is 1.28. The molecule has 0 saturated heterocycles. The van der Waals surface area contributed by atoms with Crippen LogP contribution >= 0.6 is 0 Å². The van der Waals surface area contributed by atoms with Gasteiger partial charge in [0.1, 0.15) is 24.0 Å². The van der Waals surface area contributed by atoms with Crippen LogP contribution in [0, 0.1) is 17.6 Å². The molecule has 2 aromatic carbocycles. The van der Waals surface area contributed by atoms with E-state index in [1.165, 1.54) is 37.5 Å². The summed E-state index contributed by atoms with van der Waals surface area (Å²) in [6, 6.07) is 11.2. The Labute approximate surface area is 142 Å². The average Bonchev–Trinajstić information content (AvgIpc) is 2.61. The van der Waals surface area contributed by atoms with Crippen molar-refractivity contribution in [2.24, 2.45) is 5.92 Å². The summed E-state index contributed by atoms with van der Waals surface area (Å²) in [5, 5.41) is 0. The summed E-state index contributed by atoms with van der Waals surface area (Å²) >= 11 is 0. The molecule has 3 rings (SSSR count). The normalized spacial score (nSPS) is 20.8. The molecule has 3 heteroatoms. The van der Waals surface area contributed by atoms with E-state index in [1.54, 1.807) is 18.2 Å². The average molecular weight is 330 g/mol. The number of benzene rings is 2. The van der Waals surface area contributed by atoms with Crippen LogP contribution in [-0.2, 0) is 6.61 Å². The largest absolute Gasteiger partial charge is 0.489 e. The second-order valence-corrected chi connectivity index (χ2v) is 6.76. The van der Waals surface area contributed by atoms with E-state index in [4.69, 9.17) is 4.74 Å². The van der Waals surface area contributed by atoms with Crippen molar-refractivity contribution in [1.82, 2.24) is 0 Å². The van der Waals surface area contributed by atoms with Crippen molar-refractivity contribution in [1.29, 1.82) is 0 Å².